The largest absolute Gasteiger partial charge is 0.432 e. The van der Waals surface area contributed by atoms with Crippen molar-refractivity contribution < 1.29 is 23.8 Å². The first-order valence-electron chi connectivity index (χ1n) is 7.99. The topological polar surface area (TPSA) is 54.4 Å². The number of aliphatic imine (C=N–C) groups is 1. The van der Waals surface area contributed by atoms with Gasteiger partial charge in [-0.3, -0.25) is 14.8 Å². The molecule has 4 nitrogen and oxygen atoms in total. The number of anilines is 1. The smallest absolute Gasteiger partial charge is 0.313 e. The van der Waals surface area contributed by atoms with E-state index in [1.165, 1.54) is 24.4 Å². The van der Waals surface area contributed by atoms with Crippen molar-refractivity contribution in [2.24, 2.45) is 4.99 Å². The van der Waals surface area contributed by atoms with Crippen molar-refractivity contribution in [1.29, 1.82) is 0 Å². The Morgan fingerprint density at radius 1 is 1.36 bits per heavy atom. The lowest BCUT2D eigenvalue weighted by atomic mass is 10.1. The number of carbonyl (C=O) groups is 1. The van der Waals surface area contributed by atoms with Gasteiger partial charge in [-0.2, -0.15) is 13.2 Å². The highest BCUT2D eigenvalue weighted by molar-refractivity contribution is 7.17. The number of carbonyl (C=O) groups excluding carboxylic acids is 1. The van der Waals surface area contributed by atoms with Gasteiger partial charge in [0, 0.05) is 25.1 Å². The fourth-order valence-corrected chi connectivity index (χ4v) is 2.76. The van der Waals surface area contributed by atoms with Crippen molar-refractivity contribution in [3.63, 3.8) is 0 Å². The summed E-state index contributed by atoms with van der Waals surface area (Å²) in [5, 5.41) is 2.76. The average molecular weight is 413 g/mol. The summed E-state index contributed by atoms with van der Waals surface area (Å²) in [5.41, 5.74) is -1.37. The first-order chi connectivity index (χ1) is 13.3. The van der Waals surface area contributed by atoms with Gasteiger partial charge < -0.3 is 5.32 Å². The molecule has 1 amide bonds. The third kappa shape index (κ3) is 6.03. The van der Waals surface area contributed by atoms with Crippen LogP contribution in [-0.2, 0) is 0 Å². The molecule has 0 aliphatic heterocycles. The molecule has 2 heterocycles. The minimum Gasteiger partial charge on any atom is -0.313 e. The van der Waals surface area contributed by atoms with Gasteiger partial charge in [0.05, 0.1) is 16.8 Å². The molecule has 2 aromatic heterocycles. The van der Waals surface area contributed by atoms with Crippen molar-refractivity contribution in [3.05, 3.63) is 52.9 Å². The second kappa shape index (κ2) is 10.4. The zero-order chi connectivity index (χ0) is 21.3. The zero-order valence-electron chi connectivity index (χ0n) is 15.3. The van der Waals surface area contributed by atoms with E-state index < -0.39 is 23.6 Å². The third-order valence-electron chi connectivity index (χ3n) is 3.09. The molecule has 0 aliphatic rings. The number of alkyl halides is 3. The molecule has 0 unspecified atom stereocenters. The molecule has 0 atom stereocenters. The van der Waals surface area contributed by atoms with E-state index in [0.29, 0.717) is 9.88 Å². The van der Waals surface area contributed by atoms with Crippen LogP contribution in [-0.4, -0.2) is 29.8 Å². The van der Waals surface area contributed by atoms with Gasteiger partial charge in [0.15, 0.2) is 5.82 Å². The monoisotopic (exact) mass is 413 g/mol. The number of aromatic nitrogens is 1. The maximum absolute atomic E-state index is 13.5. The van der Waals surface area contributed by atoms with Crippen molar-refractivity contribution in [2.75, 3.05) is 12.4 Å². The normalized spacial score (nSPS) is 11.9. The molecular weight excluding hydrogens is 394 g/mol. The Labute approximate surface area is 165 Å². The third-order valence-corrected chi connectivity index (χ3v) is 4.13. The molecule has 28 heavy (non-hydrogen) atoms. The predicted octanol–water partition coefficient (Wildman–Crippen LogP) is 5.46. The summed E-state index contributed by atoms with van der Waals surface area (Å²) >= 11 is 0.954. The summed E-state index contributed by atoms with van der Waals surface area (Å²) in [6.07, 6.45) is 3.57. The second-order valence-electron chi connectivity index (χ2n) is 4.78. The Hall–Kier alpha value is -2.99. The van der Waals surface area contributed by atoms with E-state index in [2.05, 4.69) is 21.2 Å². The van der Waals surface area contributed by atoms with Crippen LogP contribution in [0.25, 0.3) is 5.57 Å². The first kappa shape index (κ1) is 23.0. The Kier molecular flexibility index (Phi) is 8.54. The zero-order valence-corrected chi connectivity index (χ0v) is 16.1. The SMILES string of the molecule is C#C/C(=C\C(=NC)C(F)(F)F)c1ccc(NC(=O)c2ccncc2F)s1.CC.[HH]. The van der Waals surface area contributed by atoms with Gasteiger partial charge in [0.2, 0.25) is 0 Å². The van der Waals surface area contributed by atoms with Gasteiger partial charge in [0.25, 0.3) is 5.91 Å². The lowest BCUT2D eigenvalue weighted by Crippen LogP contribution is -2.20. The standard InChI is InChI=1S/C17H11F4N3OS.C2H6.H2/c1-3-10(8-14(22-2)17(19,20)21)13-4-5-15(26-13)24-16(25)11-6-7-23-9-12(11)18;1-2;/h1,4-9H,2H3,(H,24,25);1-2H3;1H/b10-8+,22-14?;;. The summed E-state index contributed by atoms with van der Waals surface area (Å²) in [5.74, 6) is 0.668. The summed E-state index contributed by atoms with van der Waals surface area (Å²) in [4.78, 5) is 19.1. The number of nitrogens with zero attached hydrogens (tertiary/aromatic N) is 2. The summed E-state index contributed by atoms with van der Waals surface area (Å²) < 4.78 is 51.9. The number of pyridine rings is 1. The van der Waals surface area contributed by atoms with Crippen molar-refractivity contribution >= 4 is 33.5 Å². The second-order valence-corrected chi connectivity index (χ2v) is 5.87. The number of rotatable bonds is 4. The molecule has 1 N–H and O–H groups in total. The molecule has 0 fully saturated rings. The van der Waals surface area contributed by atoms with Crippen LogP contribution in [0, 0.1) is 18.2 Å². The number of nitrogens with one attached hydrogen (secondary N) is 1. The van der Waals surface area contributed by atoms with E-state index in [9.17, 15) is 22.4 Å². The highest BCUT2D eigenvalue weighted by Crippen LogP contribution is 2.30. The van der Waals surface area contributed by atoms with Gasteiger partial charge in [-0.1, -0.05) is 19.8 Å². The Balaban J connectivity index is 0.00000253. The van der Waals surface area contributed by atoms with Crippen LogP contribution in [0.15, 0.2) is 41.7 Å². The Morgan fingerprint density at radius 2 is 2.04 bits per heavy atom. The number of hydrogen-bond donors (Lipinski definition) is 1. The quantitative estimate of drug-likeness (QED) is 0.411. The molecule has 0 saturated heterocycles. The van der Waals surface area contributed by atoms with E-state index >= 15 is 0 Å². The maximum Gasteiger partial charge on any atom is 0.432 e. The minimum absolute atomic E-state index is 0. The van der Waals surface area contributed by atoms with Crippen LogP contribution >= 0.6 is 11.3 Å². The van der Waals surface area contributed by atoms with Crippen LogP contribution in [0.5, 0.6) is 0 Å². The molecule has 0 aromatic carbocycles. The highest BCUT2D eigenvalue weighted by atomic mass is 32.1. The van der Waals surface area contributed by atoms with Crippen LogP contribution in [0.3, 0.4) is 0 Å². The number of halogens is 4. The molecule has 150 valence electrons. The van der Waals surface area contributed by atoms with E-state index in [4.69, 9.17) is 6.42 Å². The van der Waals surface area contributed by atoms with E-state index in [1.54, 1.807) is 0 Å². The van der Waals surface area contributed by atoms with Gasteiger partial charge >= 0.3 is 6.18 Å². The van der Waals surface area contributed by atoms with Gasteiger partial charge in [-0.05, 0) is 24.3 Å². The van der Waals surface area contributed by atoms with E-state index in [1.807, 2.05) is 13.8 Å². The van der Waals surface area contributed by atoms with Crippen LogP contribution in [0.4, 0.5) is 22.6 Å². The number of allylic oxidation sites excluding steroid dienone is 2. The van der Waals surface area contributed by atoms with Crippen LogP contribution in [0.1, 0.15) is 30.5 Å². The molecular formula is C19H19F4N3OS. The van der Waals surface area contributed by atoms with E-state index in [-0.39, 0.29) is 12.6 Å². The predicted molar refractivity (Wildman–Crippen MR) is 106 cm³/mol. The molecule has 9 heteroatoms. The number of hydrogen-bond acceptors (Lipinski definition) is 4. The van der Waals surface area contributed by atoms with Gasteiger partial charge in [-0.25, -0.2) is 4.39 Å². The molecule has 2 rings (SSSR count). The van der Waals surface area contributed by atoms with Gasteiger partial charge in [0.1, 0.15) is 5.71 Å². The van der Waals surface area contributed by atoms with Crippen LogP contribution in [0.2, 0.25) is 0 Å². The Morgan fingerprint density at radius 3 is 2.57 bits per heavy atom. The Bertz CT molecular complexity index is 930. The molecule has 0 aliphatic carbocycles. The number of thiophene rings is 1. The lowest BCUT2D eigenvalue weighted by molar-refractivity contribution is -0.0577. The summed E-state index contributed by atoms with van der Waals surface area (Å²) in [6.45, 7) is 4.00. The van der Waals surface area contributed by atoms with Crippen molar-refractivity contribution in [1.82, 2.24) is 4.98 Å². The van der Waals surface area contributed by atoms with Crippen LogP contribution < -0.4 is 5.32 Å². The lowest BCUT2D eigenvalue weighted by Gasteiger charge is -2.06. The van der Waals surface area contributed by atoms with E-state index in [0.717, 1.165) is 30.7 Å². The van der Waals surface area contributed by atoms with Crippen molar-refractivity contribution in [3.8, 4) is 12.3 Å². The average Bonchev–Trinajstić information content (AvgIpc) is 3.11. The molecule has 0 saturated carbocycles. The summed E-state index contributed by atoms with van der Waals surface area (Å²) in [6, 6.07) is 4.12. The van der Waals surface area contributed by atoms with Gasteiger partial charge in [-0.15, -0.1) is 17.8 Å². The molecule has 0 radical (unpaired) electrons. The molecule has 0 bridgehead atoms. The first-order valence-corrected chi connectivity index (χ1v) is 8.81. The highest BCUT2D eigenvalue weighted by Gasteiger charge is 2.33. The fourth-order valence-electron chi connectivity index (χ4n) is 1.88. The summed E-state index contributed by atoms with van der Waals surface area (Å²) in [7, 11) is 1.01. The fraction of sp³-hybridized carbons (Fsp3) is 0.211. The number of amides is 1. The number of terminal acetylenes is 1. The maximum atomic E-state index is 13.5. The molecule has 2 aromatic rings. The minimum atomic E-state index is -4.63. The van der Waals surface area contributed by atoms with Crippen molar-refractivity contribution in [2.45, 2.75) is 20.0 Å². The molecule has 0 spiro atoms.